The predicted molar refractivity (Wildman–Crippen MR) is 53.8 cm³/mol. The highest BCUT2D eigenvalue weighted by Gasteiger charge is 2.18. The molecule has 0 unspecified atom stereocenters. The summed E-state index contributed by atoms with van der Waals surface area (Å²) in [6, 6.07) is 3.22. The van der Waals surface area contributed by atoms with Crippen LogP contribution < -0.4 is 0 Å². The summed E-state index contributed by atoms with van der Waals surface area (Å²) in [4.78, 5) is 0. The molecule has 74 valence electrons. The number of nitrogens with one attached hydrogen (secondary N) is 1. The van der Waals surface area contributed by atoms with Crippen molar-refractivity contribution in [1.82, 2.24) is 10.2 Å². The van der Waals surface area contributed by atoms with Gasteiger partial charge in [-0.05, 0) is 28.1 Å². The Balaban J connectivity index is 2.84. The molecule has 0 bridgehead atoms. The van der Waals surface area contributed by atoms with Crippen molar-refractivity contribution in [2.75, 3.05) is 0 Å². The van der Waals surface area contributed by atoms with E-state index in [0.717, 1.165) is 0 Å². The van der Waals surface area contributed by atoms with E-state index < -0.39 is 6.43 Å². The van der Waals surface area contributed by atoms with Crippen LogP contribution in [0.25, 0.3) is 10.9 Å². The molecular weight excluding hydrogens is 277 g/mol. The summed E-state index contributed by atoms with van der Waals surface area (Å²) >= 11 is 9.01. The second-order valence-electron chi connectivity index (χ2n) is 2.69. The Morgan fingerprint density at radius 2 is 2.14 bits per heavy atom. The first-order valence-corrected chi connectivity index (χ1v) is 4.88. The van der Waals surface area contributed by atoms with Gasteiger partial charge in [0.15, 0.2) is 0 Å². The van der Waals surface area contributed by atoms with Crippen LogP contribution in [-0.4, -0.2) is 10.2 Å². The highest BCUT2D eigenvalue weighted by Crippen LogP contribution is 2.34. The lowest BCUT2D eigenvalue weighted by atomic mass is 10.2. The van der Waals surface area contributed by atoms with Gasteiger partial charge in [-0.3, -0.25) is 5.10 Å². The van der Waals surface area contributed by atoms with Crippen LogP contribution in [-0.2, 0) is 0 Å². The van der Waals surface area contributed by atoms with Gasteiger partial charge in [0.2, 0.25) is 0 Å². The van der Waals surface area contributed by atoms with Gasteiger partial charge in [-0.2, -0.15) is 5.10 Å². The van der Waals surface area contributed by atoms with E-state index in [0.29, 0.717) is 9.99 Å². The van der Waals surface area contributed by atoms with Crippen molar-refractivity contribution in [2.24, 2.45) is 0 Å². The normalized spacial score (nSPS) is 11.5. The number of fused-ring (bicyclic) bond motifs is 1. The Hall–Kier alpha value is -0.680. The maximum atomic E-state index is 12.5. The number of rotatable bonds is 1. The summed E-state index contributed by atoms with van der Waals surface area (Å²) in [7, 11) is 0. The minimum absolute atomic E-state index is 0.244. The Labute approximate surface area is 91.4 Å². The molecule has 0 atom stereocenters. The Morgan fingerprint density at radius 1 is 1.43 bits per heavy atom. The van der Waals surface area contributed by atoms with Crippen molar-refractivity contribution in [2.45, 2.75) is 6.43 Å². The predicted octanol–water partition coefficient (Wildman–Crippen LogP) is 3.92. The summed E-state index contributed by atoms with van der Waals surface area (Å²) in [6.07, 6.45) is -2.60. The molecule has 2 rings (SSSR count). The van der Waals surface area contributed by atoms with Crippen molar-refractivity contribution in [1.29, 1.82) is 0 Å². The van der Waals surface area contributed by atoms with Gasteiger partial charge in [0.1, 0.15) is 11.2 Å². The van der Waals surface area contributed by atoms with Gasteiger partial charge < -0.3 is 0 Å². The molecule has 14 heavy (non-hydrogen) atoms. The molecule has 2 aromatic rings. The number of alkyl halides is 2. The molecule has 2 nitrogen and oxygen atoms in total. The second-order valence-corrected chi connectivity index (χ2v) is 3.95. The van der Waals surface area contributed by atoms with Crippen molar-refractivity contribution < 1.29 is 8.78 Å². The molecule has 0 aliphatic heterocycles. The summed E-state index contributed by atoms with van der Waals surface area (Å²) in [5.74, 6) is 0. The molecule has 1 N–H and O–H groups in total. The maximum Gasteiger partial charge on any atom is 0.280 e. The minimum Gasteiger partial charge on any atom is -0.275 e. The van der Waals surface area contributed by atoms with Crippen LogP contribution in [0.1, 0.15) is 12.1 Å². The molecule has 0 aliphatic rings. The summed E-state index contributed by atoms with van der Waals surface area (Å²) < 4.78 is 25.6. The van der Waals surface area contributed by atoms with E-state index in [1.54, 1.807) is 12.1 Å². The van der Waals surface area contributed by atoms with Crippen molar-refractivity contribution >= 4 is 38.4 Å². The Kier molecular flexibility index (Phi) is 2.45. The minimum atomic E-state index is -2.60. The third-order valence-electron chi connectivity index (χ3n) is 1.85. The Bertz CT molecular complexity index is 483. The maximum absolute atomic E-state index is 12.5. The van der Waals surface area contributed by atoms with Crippen LogP contribution in [0.4, 0.5) is 8.78 Å². The third kappa shape index (κ3) is 1.40. The van der Waals surface area contributed by atoms with Crippen LogP contribution in [0.3, 0.4) is 0 Å². The average Bonchev–Trinajstić information content (AvgIpc) is 2.56. The lowest BCUT2D eigenvalue weighted by Crippen LogP contribution is -1.84. The third-order valence-corrected chi connectivity index (χ3v) is 2.81. The summed E-state index contributed by atoms with van der Waals surface area (Å²) in [5.41, 5.74) is 0.180. The van der Waals surface area contributed by atoms with Crippen LogP contribution in [0.5, 0.6) is 0 Å². The van der Waals surface area contributed by atoms with Crippen LogP contribution >= 0.6 is 27.5 Å². The molecule has 0 amide bonds. The molecule has 0 radical (unpaired) electrons. The van der Waals surface area contributed by atoms with E-state index in [4.69, 9.17) is 11.6 Å². The molecular formula is C8H4BrClF2N2. The van der Waals surface area contributed by atoms with Gasteiger partial charge in [0.05, 0.1) is 5.02 Å². The number of hydrogen-bond donors (Lipinski definition) is 1. The topological polar surface area (TPSA) is 28.7 Å². The van der Waals surface area contributed by atoms with Crippen LogP contribution in [0, 0.1) is 0 Å². The molecule has 0 saturated carbocycles. The smallest absolute Gasteiger partial charge is 0.275 e. The van der Waals surface area contributed by atoms with Crippen molar-refractivity contribution in [3.05, 3.63) is 27.3 Å². The first-order valence-electron chi connectivity index (χ1n) is 3.71. The van der Waals surface area contributed by atoms with Crippen LogP contribution in [0.15, 0.2) is 16.6 Å². The number of aromatic nitrogens is 2. The molecule has 0 aliphatic carbocycles. The fourth-order valence-electron chi connectivity index (χ4n) is 1.24. The van der Waals surface area contributed by atoms with E-state index >= 15 is 0 Å². The van der Waals surface area contributed by atoms with Gasteiger partial charge in [-0.25, -0.2) is 8.78 Å². The van der Waals surface area contributed by atoms with Gasteiger partial charge in [-0.1, -0.05) is 11.6 Å². The number of aromatic amines is 1. The van der Waals surface area contributed by atoms with E-state index in [-0.39, 0.29) is 16.1 Å². The fourth-order valence-corrected chi connectivity index (χ4v) is 1.91. The number of halogens is 4. The van der Waals surface area contributed by atoms with Crippen LogP contribution in [0.2, 0.25) is 5.02 Å². The Morgan fingerprint density at radius 3 is 2.79 bits per heavy atom. The standard InChI is InChI=1S/C8H4BrClF2N2/c9-3-1-2-4(10)5-6(3)13-14-7(5)8(11)12/h1-2,8H,(H,13,14). The molecule has 6 heteroatoms. The van der Waals surface area contributed by atoms with Crippen molar-refractivity contribution in [3.63, 3.8) is 0 Å². The molecule has 0 saturated heterocycles. The van der Waals surface area contributed by atoms with Gasteiger partial charge in [0, 0.05) is 9.86 Å². The summed E-state index contributed by atoms with van der Waals surface area (Å²) in [5, 5.41) is 6.59. The zero-order valence-electron chi connectivity index (χ0n) is 6.69. The van der Waals surface area contributed by atoms with E-state index in [1.807, 2.05) is 0 Å². The number of H-pyrrole nitrogens is 1. The fraction of sp³-hybridized carbons (Fsp3) is 0.125. The first kappa shape index (κ1) is 9.86. The highest BCUT2D eigenvalue weighted by atomic mass is 79.9. The quantitative estimate of drug-likeness (QED) is 0.843. The monoisotopic (exact) mass is 280 g/mol. The molecule has 0 fully saturated rings. The molecule has 1 aromatic carbocycles. The van der Waals surface area contributed by atoms with E-state index in [1.165, 1.54) is 0 Å². The lowest BCUT2D eigenvalue weighted by molar-refractivity contribution is 0.147. The molecule has 1 aromatic heterocycles. The zero-order chi connectivity index (χ0) is 10.3. The van der Waals surface area contributed by atoms with Gasteiger partial charge in [-0.15, -0.1) is 0 Å². The van der Waals surface area contributed by atoms with Crippen molar-refractivity contribution in [3.8, 4) is 0 Å². The highest BCUT2D eigenvalue weighted by molar-refractivity contribution is 9.10. The molecule has 1 heterocycles. The summed E-state index contributed by atoms with van der Waals surface area (Å²) in [6.45, 7) is 0. The van der Waals surface area contributed by atoms with Gasteiger partial charge >= 0.3 is 0 Å². The average molecular weight is 281 g/mol. The first-order chi connectivity index (χ1) is 6.61. The second kappa shape index (κ2) is 3.47. The zero-order valence-corrected chi connectivity index (χ0v) is 9.03. The SMILES string of the molecule is FC(F)c1[nH]nc2c(Br)ccc(Cl)c12. The van der Waals surface area contributed by atoms with E-state index in [9.17, 15) is 8.78 Å². The van der Waals surface area contributed by atoms with E-state index in [2.05, 4.69) is 26.1 Å². The van der Waals surface area contributed by atoms with Gasteiger partial charge in [0.25, 0.3) is 6.43 Å². The largest absolute Gasteiger partial charge is 0.280 e. The number of benzene rings is 1. The molecule has 0 spiro atoms. The lowest BCUT2D eigenvalue weighted by Gasteiger charge is -1.98. The number of nitrogens with zero attached hydrogens (tertiary/aromatic N) is 1. The number of hydrogen-bond acceptors (Lipinski definition) is 1.